The van der Waals surface area contributed by atoms with Crippen LogP contribution in [0.3, 0.4) is 0 Å². The molecule has 1 aliphatic carbocycles. The van der Waals surface area contributed by atoms with Gasteiger partial charge in [-0.2, -0.15) is 0 Å². The third-order valence-electron chi connectivity index (χ3n) is 4.33. The minimum Gasteiger partial charge on any atom is -0.366 e. The van der Waals surface area contributed by atoms with E-state index in [2.05, 4.69) is 5.32 Å². The zero-order chi connectivity index (χ0) is 19.6. The molecule has 1 saturated carbocycles. The molecule has 0 aromatic heterocycles. The predicted octanol–water partition coefficient (Wildman–Crippen LogP) is 4.23. The lowest BCUT2D eigenvalue weighted by Crippen LogP contribution is -2.36. The summed E-state index contributed by atoms with van der Waals surface area (Å²) in [5.41, 5.74) is 1.58. The van der Waals surface area contributed by atoms with E-state index in [-0.39, 0.29) is 22.9 Å². The minimum atomic E-state index is -1.24. The van der Waals surface area contributed by atoms with Gasteiger partial charge in [0.1, 0.15) is 5.82 Å². The lowest BCUT2D eigenvalue weighted by molar-refractivity contribution is -0.178. The molecule has 5 nitrogen and oxygen atoms in total. The van der Waals surface area contributed by atoms with Crippen molar-refractivity contribution in [3.8, 4) is 0 Å². The monoisotopic (exact) mass is 492 g/mol. The number of nitrogens with one attached hydrogen (secondary N) is 2. The first-order valence-corrected chi connectivity index (χ1v) is 9.28. The fraction of sp³-hybridized carbons (Fsp3) is 0.278. The maximum Gasteiger partial charge on any atom is 0.277 e. The fourth-order valence-electron chi connectivity index (χ4n) is 2.56. The molecule has 1 amide bonds. The fourth-order valence-corrected chi connectivity index (χ4v) is 3.02. The van der Waals surface area contributed by atoms with Crippen LogP contribution in [0.15, 0.2) is 30.3 Å². The number of aliphatic hydroxyl groups excluding tert-OH is 1. The largest absolute Gasteiger partial charge is 0.366 e. The van der Waals surface area contributed by atoms with Gasteiger partial charge >= 0.3 is 0 Å². The first-order chi connectivity index (χ1) is 12.8. The molecule has 3 N–H and O–H groups in total. The molecule has 1 unspecified atom stereocenters. The lowest BCUT2D eigenvalue weighted by atomic mass is 9.85. The van der Waals surface area contributed by atoms with Crippen LogP contribution in [-0.4, -0.2) is 17.3 Å². The number of carbonyl (C=O) groups excluding carboxylic acids is 1. The molecule has 1 aliphatic rings. The average Bonchev–Trinajstić information content (AvgIpc) is 2.56. The van der Waals surface area contributed by atoms with Crippen molar-refractivity contribution < 1.29 is 27.9 Å². The van der Waals surface area contributed by atoms with E-state index in [1.165, 1.54) is 12.1 Å². The second kappa shape index (κ2) is 8.44. The molecule has 0 aliphatic heterocycles. The van der Waals surface area contributed by atoms with Crippen LogP contribution in [-0.2, 0) is 4.84 Å². The molecular weight excluding hydrogens is 476 g/mol. The normalized spacial score (nSPS) is 15.1. The Balaban J connectivity index is 1.80. The van der Waals surface area contributed by atoms with Crippen molar-refractivity contribution in [2.75, 3.05) is 5.32 Å². The molecule has 0 radical (unpaired) electrons. The van der Waals surface area contributed by atoms with E-state index in [4.69, 9.17) is 4.84 Å². The summed E-state index contributed by atoms with van der Waals surface area (Å²) in [6.07, 6.45) is 1.35. The van der Waals surface area contributed by atoms with Gasteiger partial charge < -0.3 is 10.4 Å². The number of hydrogen-bond donors (Lipinski definition) is 3. The first kappa shape index (κ1) is 19.9. The number of halogens is 4. The number of hydroxylamine groups is 1. The number of benzene rings is 2. The van der Waals surface area contributed by atoms with Crippen molar-refractivity contribution in [3.05, 3.63) is 56.9 Å². The van der Waals surface area contributed by atoms with E-state index in [1.54, 1.807) is 6.07 Å². The van der Waals surface area contributed by atoms with Crippen molar-refractivity contribution >= 4 is 39.9 Å². The first-order valence-electron chi connectivity index (χ1n) is 8.20. The molecule has 3 rings (SSSR count). The van der Waals surface area contributed by atoms with Gasteiger partial charge in [0, 0.05) is 15.6 Å². The van der Waals surface area contributed by atoms with Gasteiger partial charge in [0.15, 0.2) is 17.9 Å². The summed E-state index contributed by atoms with van der Waals surface area (Å²) in [6, 6.07) is 5.71. The Morgan fingerprint density at radius 2 is 1.81 bits per heavy atom. The van der Waals surface area contributed by atoms with Crippen LogP contribution in [0.1, 0.15) is 29.6 Å². The van der Waals surface area contributed by atoms with Gasteiger partial charge in [-0.3, -0.25) is 4.79 Å². The SMILES string of the molecule is O=C(NOC(O)C1CCC1)c1cc(F)c(F)cc1Nc1ccc(I)cc1F. The van der Waals surface area contributed by atoms with E-state index in [0.717, 1.165) is 25.3 Å². The lowest BCUT2D eigenvalue weighted by Gasteiger charge is -2.29. The van der Waals surface area contributed by atoms with Crippen LogP contribution in [0.5, 0.6) is 0 Å². The molecular formula is C18H16F3IN2O3. The summed E-state index contributed by atoms with van der Waals surface area (Å²) >= 11 is 1.93. The molecule has 2 aromatic rings. The molecule has 0 heterocycles. The Kier molecular flexibility index (Phi) is 6.22. The zero-order valence-corrected chi connectivity index (χ0v) is 16.1. The highest BCUT2D eigenvalue weighted by Gasteiger charge is 2.27. The van der Waals surface area contributed by atoms with Crippen molar-refractivity contribution in [2.45, 2.75) is 25.6 Å². The maximum atomic E-state index is 14.0. The molecule has 9 heteroatoms. The van der Waals surface area contributed by atoms with E-state index in [9.17, 15) is 23.1 Å². The number of hydrogen-bond acceptors (Lipinski definition) is 4. The van der Waals surface area contributed by atoms with E-state index < -0.39 is 29.6 Å². The quantitative estimate of drug-likeness (QED) is 0.321. The van der Waals surface area contributed by atoms with Crippen LogP contribution in [0, 0.1) is 26.9 Å². The van der Waals surface area contributed by atoms with Crippen LogP contribution in [0.2, 0.25) is 0 Å². The Morgan fingerprint density at radius 1 is 1.11 bits per heavy atom. The average molecular weight is 492 g/mol. The summed E-state index contributed by atoms with van der Waals surface area (Å²) in [7, 11) is 0. The minimum absolute atomic E-state index is 0.00843. The Hall–Kier alpha value is -1.85. The predicted molar refractivity (Wildman–Crippen MR) is 101 cm³/mol. The van der Waals surface area contributed by atoms with Gasteiger partial charge in [-0.05, 0) is 59.7 Å². The molecule has 1 fully saturated rings. The summed E-state index contributed by atoms with van der Waals surface area (Å²) in [5, 5.41) is 12.4. The molecule has 27 heavy (non-hydrogen) atoms. The van der Waals surface area contributed by atoms with Crippen LogP contribution in [0.25, 0.3) is 0 Å². The highest BCUT2D eigenvalue weighted by molar-refractivity contribution is 14.1. The van der Waals surface area contributed by atoms with Crippen molar-refractivity contribution in [1.29, 1.82) is 0 Å². The molecule has 0 bridgehead atoms. The Morgan fingerprint density at radius 3 is 2.44 bits per heavy atom. The second-order valence-corrected chi connectivity index (χ2v) is 7.44. The third-order valence-corrected chi connectivity index (χ3v) is 5.00. The summed E-state index contributed by atoms with van der Waals surface area (Å²) in [4.78, 5) is 17.2. The molecule has 1 atom stereocenters. The van der Waals surface area contributed by atoms with Crippen molar-refractivity contribution in [3.63, 3.8) is 0 Å². The molecule has 144 valence electrons. The molecule has 0 spiro atoms. The van der Waals surface area contributed by atoms with Gasteiger partial charge in [0.2, 0.25) is 0 Å². The van der Waals surface area contributed by atoms with Gasteiger partial charge in [-0.1, -0.05) is 6.42 Å². The summed E-state index contributed by atoms with van der Waals surface area (Å²) in [5.74, 6) is -4.03. The number of amides is 1. The van der Waals surface area contributed by atoms with Crippen molar-refractivity contribution in [2.24, 2.45) is 5.92 Å². The standard InChI is InChI=1S/C18H16F3IN2O3/c19-12-7-11(17(25)24-27-18(26)9-2-1-3-9)16(8-13(12)20)23-15-5-4-10(22)6-14(15)21/h4-9,18,23,26H,1-3H2,(H,24,25). The summed E-state index contributed by atoms with van der Waals surface area (Å²) in [6.45, 7) is 0. The summed E-state index contributed by atoms with van der Waals surface area (Å²) < 4.78 is 42.0. The van der Waals surface area contributed by atoms with Crippen molar-refractivity contribution in [1.82, 2.24) is 5.48 Å². The van der Waals surface area contributed by atoms with Gasteiger partial charge in [-0.25, -0.2) is 23.5 Å². The zero-order valence-electron chi connectivity index (χ0n) is 13.9. The van der Waals surface area contributed by atoms with Gasteiger partial charge in [0.25, 0.3) is 5.91 Å². The van der Waals surface area contributed by atoms with E-state index in [0.29, 0.717) is 9.64 Å². The van der Waals surface area contributed by atoms with Crippen LogP contribution in [0.4, 0.5) is 24.5 Å². The number of aliphatic hydroxyl groups is 1. The molecule has 0 saturated heterocycles. The second-order valence-electron chi connectivity index (χ2n) is 6.19. The third kappa shape index (κ3) is 4.71. The van der Waals surface area contributed by atoms with Gasteiger partial charge in [0.05, 0.1) is 16.9 Å². The number of carbonyl (C=O) groups is 1. The van der Waals surface area contributed by atoms with E-state index in [1.807, 2.05) is 28.1 Å². The van der Waals surface area contributed by atoms with Crippen LogP contribution < -0.4 is 10.8 Å². The van der Waals surface area contributed by atoms with Crippen LogP contribution >= 0.6 is 22.6 Å². The topological polar surface area (TPSA) is 70.6 Å². The Labute approximate surface area is 167 Å². The smallest absolute Gasteiger partial charge is 0.277 e. The maximum absolute atomic E-state index is 14.0. The van der Waals surface area contributed by atoms with Gasteiger partial charge in [-0.15, -0.1) is 0 Å². The van der Waals surface area contributed by atoms with E-state index >= 15 is 0 Å². The highest BCUT2D eigenvalue weighted by atomic mass is 127. The number of rotatable bonds is 6. The highest BCUT2D eigenvalue weighted by Crippen LogP contribution is 2.30. The Bertz CT molecular complexity index is 862. The number of anilines is 2. The molecule has 2 aromatic carbocycles.